The number of rotatable bonds is 2. The Morgan fingerprint density at radius 1 is 1.43 bits per heavy atom. The van der Waals surface area contributed by atoms with Crippen LogP contribution in [0, 0.1) is 0 Å². The van der Waals surface area contributed by atoms with E-state index in [1.54, 1.807) is 0 Å². The number of hydrogen-bond acceptors (Lipinski definition) is 1. The Kier molecular flexibility index (Phi) is 2.61. The second-order valence-electron chi connectivity index (χ2n) is 3.47. The fourth-order valence-electron chi connectivity index (χ4n) is 1.85. The number of benzene rings is 1. The van der Waals surface area contributed by atoms with E-state index < -0.39 is 0 Å². The molecule has 74 valence electrons. The van der Waals surface area contributed by atoms with Crippen molar-refractivity contribution >= 4 is 26.8 Å². The summed E-state index contributed by atoms with van der Waals surface area (Å²) in [7, 11) is 2.07. The largest absolute Gasteiger partial charge is 0.350 e. The van der Waals surface area contributed by atoms with E-state index in [0.29, 0.717) is 6.54 Å². The maximum atomic E-state index is 5.60. The highest BCUT2D eigenvalue weighted by Crippen LogP contribution is 2.25. The van der Waals surface area contributed by atoms with Gasteiger partial charge in [-0.3, -0.25) is 0 Å². The Morgan fingerprint density at radius 3 is 2.93 bits per heavy atom. The predicted molar refractivity (Wildman–Crippen MR) is 63.4 cm³/mol. The Balaban J connectivity index is 2.70. The van der Waals surface area contributed by atoms with Gasteiger partial charge in [0.25, 0.3) is 0 Å². The van der Waals surface area contributed by atoms with Crippen LogP contribution in [0.2, 0.25) is 0 Å². The van der Waals surface area contributed by atoms with Crippen molar-refractivity contribution in [3.05, 3.63) is 34.4 Å². The zero-order valence-corrected chi connectivity index (χ0v) is 9.71. The molecule has 0 spiro atoms. The van der Waals surface area contributed by atoms with Gasteiger partial charge in [0.15, 0.2) is 0 Å². The average molecular weight is 253 g/mol. The average Bonchev–Trinajstić information content (AvgIpc) is 2.48. The molecular weight excluding hydrogens is 240 g/mol. The van der Waals surface area contributed by atoms with Crippen LogP contribution in [0.15, 0.2) is 28.9 Å². The van der Waals surface area contributed by atoms with Crippen molar-refractivity contribution in [2.45, 2.75) is 6.42 Å². The molecule has 1 aromatic heterocycles. The molecule has 0 aliphatic rings. The predicted octanol–water partition coefficient (Wildman–Crippen LogP) is 2.44. The van der Waals surface area contributed by atoms with Gasteiger partial charge in [0.05, 0.1) is 5.52 Å². The van der Waals surface area contributed by atoms with E-state index in [1.165, 1.54) is 16.5 Å². The molecule has 3 heteroatoms. The van der Waals surface area contributed by atoms with Crippen molar-refractivity contribution < 1.29 is 0 Å². The van der Waals surface area contributed by atoms with Gasteiger partial charge in [-0.05, 0) is 36.7 Å². The van der Waals surface area contributed by atoms with Gasteiger partial charge in [-0.2, -0.15) is 0 Å². The lowest BCUT2D eigenvalue weighted by molar-refractivity contribution is 0.929. The van der Waals surface area contributed by atoms with Gasteiger partial charge in [0.1, 0.15) is 0 Å². The molecule has 0 saturated carbocycles. The van der Waals surface area contributed by atoms with E-state index in [2.05, 4.69) is 51.9 Å². The summed E-state index contributed by atoms with van der Waals surface area (Å²) < 4.78 is 3.27. The van der Waals surface area contributed by atoms with Crippen molar-refractivity contribution in [3.63, 3.8) is 0 Å². The van der Waals surface area contributed by atoms with Gasteiger partial charge < -0.3 is 10.3 Å². The minimum atomic E-state index is 0.691. The highest BCUT2D eigenvalue weighted by molar-refractivity contribution is 9.10. The Morgan fingerprint density at radius 2 is 2.21 bits per heavy atom. The minimum Gasteiger partial charge on any atom is -0.350 e. The Bertz CT molecular complexity index is 460. The van der Waals surface area contributed by atoms with Crippen LogP contribution in [-0.2, 0) is 13.5 Å². The molecule has 2 aromatic rings. The molecule has 0 saturated heterocycles. The maximum Gasteiger partial charge on any atom is 0.0511 e. The first-order chi connectivity index (χ1) is 6.72. The SMILES string of the molecule is Cn1ccc2cc(Br)cc(CCN)c21. The molecule has 0 unspecified atom stereocenters. The second kappa shape index (κ2) is 3.75. The van der Waals surface area contributed by atoms with Crippen LogP contribution < -0.4 is 5.73 Å². The zero-order chi connectivity index (χ0) is 10.1. The lowest BCUT2D eigenvalue weighted by Gasteiger charge is -2.05. The molecule has 0 bridgehead atoms. The van der Waals surface area contributed by atoms with Crippen LogP contribution in [0.4, 0.5) is 0 Å². The number of aromatic nitrogens is 1. The van der Waals surface area contributed by atoms with Crippen molar-refractivity contribution in [1.82, 2.24) is 4.57 Å². The van der Waals surface area contributed by atoms with Crippen LogP contribution in [-0.4, -0.2) is 11.1 Å². The van der Waals surface area contributed by atoms with Crippen molar-refractivity contribution in [1.29, 1.82) is 0 Å². The summed E-state index contributed by atoms with van der Waals surface area (Å²) in [6.07, 6.45) is 3.00. The van der Waals surface area contributed by atoms with Gasteiger partial charge in [-0.25, -0.2) is 0 Å². The Labute approximate surface area is 91.8 Å². The quantitative estimate of drug-likeness (QED) is 0.875. The first kappa shape index (κ1) is 9.74. The molecular formula is C11H13BrN2. The van der Waals surface area contributed by atoms with E-state index in [4.69, 9.17) is 5.73 Å². The minimum absolute atomic E-state index is 0.691. The van der Waals surface area contributed by atoms with Gasteiger partial charge in [0.2, 0.25) is 0 Å². The van der Waals surface area contributed by atoms with Gasteiger partial charge in [-0.1, -0.05) is 15.9 Å². The van der Waals surface area contributed by atoms with E-state index in [-0.39, 0.29) is 0 Å². The molecule has 0 radical (unpaired) electrons. The molecule has 1 aromatic carbocycles. The smallest absolute Gasteiger partial charge is 0.0511 e. The van der Waals surface area contributed by atoms with Crippen LogP contribution in [0.5, 0.6) is 0 Å². The fourth-order valence-corrected chi connectivity index (χ4v) is 2.37. The molecule has 0 amide bonds. The normalized spacial score (nSPS) is 11.1. The van der Waals surface area contributed by atoms with Crippen molar-refractivity contribution in [2.75, 3.05) is 6.54 Å². The summed E-state index contributed by atoms with van der Waals surface area (Å²) in [5.41, 5.74) is 8.20. The molecule has 2 rings (SSSR count). The topological polar surface area (TPSA) is 30.9 Å². The first-order valence-corrected chi connectivity index (χ1v) is 5.45. The summed E-state index contributed by atoms with van der Waals surface area (Å²) in [4.78, 5) is 0. The third kappa shape index (κ3) is 1.57. The number of halogens is 1. The van der Waals surface area contributed by atoms with Crippen LogP contribution >= 0.6 is 15.9 Å². The number of nitrogens with two attached hydrogens (primary N) is 1. The molecule has 2 N–H and O–H groups in total. The monoisotopic (exact) mass is 252 g/mol. The summed E-state index contributed by atoms with van der Waals surface area (Å²) >= 11 is 3.51. The summed E-state index contributed by atoms with van der Waals surface area (Å²) in [6.45, 7) is 0.691. The molecule has 14 heavy (non-hydrogen) atoms. The first-order valence-electron chi connectivity index (χ1n) is 4.66. The standard InChI is InChI=1S/C11H13BrN2/c1-14-5-3-9-7-10(12)6-8(2-4-13)11(9)14/h3,5-7H,2,4,13H2,1H3. The number of fused-ring (bicyclic) bond motifs is 1. The van der Waals surface area contributed by atoms with Gasteiger partial charge in [0, 0.05) is 23.1 Å². The van der Waals surface area contributed by atoms with Crippen molar-refractivity contribution in [3.8, 4) is 0 Å². The lowest BCUT2D eigenvalue weighted by atomic mass is 10.1. The van der Waals surface area contributed by atoms with E-state index in [9.17, 15) is 0 Å². The number of aryl methyl sites for hydroxylation is 1. The highest BCUT2D eigenvalue weighted by Gasteiger charge is 2.05. The fraction of sp³-hybridized carbons (Fsp3) is 0.273. The maximum absolute atomic E-state index is 5.60. The van der Waals surface area contributed by atoms with E-state index >= 15 is 0 Å². The zero-order valence-electron chi connectivity index (χ0n) is 8.13. The molecule has 0 aliphatic carbocycles. The van der Waals surface area contributed by atoms with Crippen LogP contribution in [0.1, 0.15) is 5.56 Å². The summed E-state index contributed by atoms with van der Waals surface area (Å²) in [5.74, 6) is 0. The third-order valence-electron chi connectivity index (χ3n) is 2.43. The molecule has 0 aliphatic heterocycles. The highest BCUT2D eigenvalue weighted by atomic mass is 79.9. The number of hydrogen-bond donors (Lipinski definition) is 1. The lowest BCUT2D eigenvalue weighted by Crippen LogP contribution is -2.04. The second-order valence-corrected chi connectivity index (χ2v) is 4.38. The third-order valence-corrected chi connectivity index (χ3v) is 2.89. The Hall–Kier alpha value is -0.800. The summed E-state index contributed by atoms with van der Waals surface area (Å²) in [5, 5.41) is 1.27. The molecule has 0 fully saturated rings. The van der Waals surface area contributed by atoms with E-state index in [1.807, 2.05) is 0 Å². The van der Waals surface area contributed by atoms with Crippen LogP contribution in [0.25, 0.3) is 10.9 Å². The summed E-state index contributed by atoms with van der Waals surface area (Å²) in [6, 6.07) is 6.41. The van der Waals surface area contributed by atoms with Gasteiger partial charge >= 0.3 is 0 Å². The van der Waals surface area contributed by atoms with Crippen molar-refractivity contribution in [2.24, 2.45) is 12.8 Å². The molecule has 0 atom stereocenters. The molecule has 1 heterocycles. The van der Waals surface area contributed by atoms with Crippen LogP contribution in [0.3, 0.4) is 0 Å². The number of nitrogens with zero attached hydrogens (tertiary/aromatic N) is 1. The molecule has 2 nitrogen and oxygen atoms in total. The van der Waals surface area contributed by atoms with Gasteiger partial charge in [-0.15, -0.1) is 0 Å². The van der Waals surface area contributed by atoms with E-state index in [0.717, 1.165) is 10.9 Å².